The second-order valence-corrected chi connectivity index (χ2v) is 9.83. The van der Waals surface area contributed by atoms with Crippen LogP contribution in [0, 0.1) is 5.82 Å². The Morgan fingerprint density at radius 3 is 2.53 bits per heavy atom. The van der Waals surface area contributed by atoms with E-state index in [-0.39, 0.29) is 16.1 Å². The summed E-state index contributed by atoms with van der Waals surface area (Å²) in [5, 5.41) is 3.48. The highest BCUT2D eigenvalue weighted by atomic mass is 35.5. The van der Waals surface area contributed by atoms with Gasteiger partial charge in [0.2, 0.25) is 5.13 Å². The Kier molecular flexibility index (Phi) is 5.48. The summed E-state index contributed by atoms with van der Waals surface area (Å²) in [6, 6.07) is 10.7. The van der Waals surface area contributed by atoms with Gasteiger partial charge in [0, 0.05) is 34.1 Å². The fraction of sp³-hybridized carbons (Fsp3) is 0.211. The van der Waals surface area contributed by atoms with Crippen LogP contribution in [0.25, 0.3) is 0 Å². The van der Waals surface area contributed by atoms with Crippen molar-refractivity contribution in [1.29, 1.82) is 0 Å². The molecule has 1 saturated carbocycles. The molecule has 1 aliphatic carbocycles. The molecule has 0 unspecified atom stereocenters. The van der Waals surface area contributed by atoms with Gasteiger partial charge in [0.25, 0.3) is 15.9 Å². The van der Waals surface area contributed by atoms with Crippen molar-refractivity contribution < 1.29 is 17.6 Å². The third kappa shape index (κ3) is 4.30. The van der Waals surface area contributed by atoms with Crippen LogP contribution in [0.2, 0.25) is 5.02 Å². The molecular weight excluding hydrogens is 451 g/mol. The molecule has 2 N–H and O–H groups in total. The number of sulfonamides is 1. The maximum Gasteiger partial charge on any atom is 0.266 e. The largest absolute Gasteiger partial charge is 0.351 e. The lowest BCUT2D eigenvalue weighted by molar-refractivity contribution is 0.0949. The Balaban J connectivity index is 1.45. The maximum atomic E-state index is 14.5. The van der Waals surface area contributed by atoms with Gasteiger partial charge in [0.05, 0.1) is 0 Å². The maximum absolute atomic E-state index is 14.5. The summed E-state index contributed by atoms with van der Waals surface area (Å²) < 4.78 is 45.0. The molecule has 0 bridgehead atoms. The fourth-order valence-electron chi connectivity index (χ4n) is 3.12. The number of amides is 1. The smallest absolute Gasteiger partial charge is 0.266 e. The van der Waals surface area contributed by atoms with Gasteiger partial charge < -0.3 is 5.32 Å². The minimum Gasteiger partial charge on any atom is -0.351 e. The van der Waals surface area contributed by atoms with E-state index < -0.39 is 26.6 Å². The number of nitrogens with zero attached hydrogens (tertiary/aromatic N) is 2. The van der Waals surface area contributed by atoms with Gasteiger partial charge in [-0.3, -0.25) is 9.52 Å². The minimum absolute atomic E-state index is 0.0214. The van der Waals surface area contributed by atoms with Crippen LogP contribution in [0.5, 0.6) is 0 Å². The quantitative estimate of drug-likeness (QED) is 0.554. The van der Waals surface area contributed by atoms with Gasteiger partial charge in [0.15, 0.2) is 0 Å². The molecule has 0 atom stereocenters. The first-order chi connectivity index (χ1) is 14.3. The zero-order chi connectivity index (χ0) is 21.4. The lowest BCUT2D eigenvalue weighted by Crippen LogP contribution is -2.32. The van der Waals surface area contributed by atoms with E-state index in [9.17, 15) is 17.6 Å². The number of rotatable bonds is 7. The third-order valence-corrected chi connectivity index (χ3v) is 7.30. The molecule has 0 saturated heterocycles. The lowest BCUT2D eigenvalue weighted by atomic mass is 9.96. The van der Waals surface area contributed by atoms with Crippen molar-refractivity contribution in [1.82, 2.24) is 14.7 Å². The average Bonchev–Trinajstić information content (AvgIpc) is 3.34. The summed E-state index contributed by atoms with van der Waals surface area (Å²) >= 11 is 6.76. The van der Waals surface area contributed by atoms with Gasteiger partial charge in [-0.05, 0) is 48.7 Å². The molecule has 1 amide bonds. The predicted octanol–water partition coefficient (Wildman–Crippen LogP) is 3.59. The van der Waals surface area contributed by atoms with Crippen LogP contribution < -0.4 is 10.0 Å². The Bertz CT molecular complexity index is 1180. The minimum atomic E-state index is -4.18. The molecule has 1 fully saturated rings. The molecule has 0 radical (unpaired) electrons. The van der Waals surface area contributed by atoms with Crippen molar-refractivity contribution >= 4 is 44.2 Å². The molecule has 11 heteroatoms. The summed E-state index contributed by atoms with van der Waals surface area (Å²) in [4.78, 5) is 15.6. The Labute approximate surface area is 181 Å². The average molecular weight is 467 g/mol. The molecule has 4 rings (SSSR count). The van der Waals surface area contributed by atoms with E-state index in [2.05, 4.69) is 19.4 Å². The first-order valence-corrected chi connectivity index (χ1v) is 11.6. The van der Waals surface area contributed by atoms with E-state index in [1.807, 2.05) is 24.3 Å². The van der Waals surface area contributed by atoms with Crippen LogP contribution in [-0.2, 0) is 15.4 Å². The predicted molar refractivity (Wildman–Crippen MR) is 112 cm³/mol. The summed E-state index contributed by atoms with van der Waals surface area (Å²) in [7, 11) is -4.18. The van der Waals surface area contributed by atoms with Gasteiger partial charge in [0.1, 0.15) is 17.0 Å². The number of carbonyl (C=O) groups is 1. The number of aromatic nitrogens is 2. The number of hydrogen-bond donors (Lipinski definition) is 2. The van der Waals surface area contributed by atoms with Gasteiger partial charge in [-0.25, -0.2) is 17.8 Å². The Morgan fingerprint density at radius 1 is 1.20 bits per heavy atom. The first-order valence-electron chi connectivity index (χ1n) is 8.92. The molecule has 1 aromatic heterocycles. The summed E-state index contributed by atoms with van der Waals surface area (Å²) in [5.74, 6) is -1.51. The summed E-state index contributed by atoms with van der Waals surface area (Å²) in [5.41, 5.74) is 0.977. The number of hydrogen-bond acceptors (Lipinski definition) is 6. The van der Waals surface area contributed by atoms with Crippen molar-refractivity contribution in [2.45, 2.75) is 23.2 Å². The van der Waals surface area contributed by atoms with Crippen molar-refractivity contribution in [3.8, 4) is 0 Å². The normalized spacial score (nSPS) is 14.9. The zero-order valence-corrected chi connectivity index (χ0v) is 17.8. The summed E-state index contributed by atoms with van der Waals surface area (Å²) in [6.07, 6.45) is 3.04. The molecule has 0 aliphatic heterocycles. The second-order valence-electron chi connectivity index (χ2n) is 6.97. The van der Waals surface area contributed by atoms with Gasteiger partial charge in [-0.15, -0.1) is 0 Å². The third-order valence-electron chi connectivity index (χ3n) is 4.96. The molecule has 2 aromatic carbocycles. The van der Waals surface area contributed by atoms with Crippen LogP contribution in [0.15, 0.2) is 53.7 Å². The van der Waals surface area contributed by atoms with Gasteiger partial charge in [-0.2, -0.15) is 4.37 Å². The van der Waals surface area contributed by atoms with E-state index in [0.717, 1.165) is 42.1 Å². The van der Waals surface area contributed by atoms with Crippen LogP contribution in [0.1, 0.15) is 28.8 Å². The summed E-state index contributed by atoms with van der Waals surface area (Å²) in [6.45, 7) is 0.397. The van der Waals surface area contributed by atoms with Crippen molar-refractivity contribution in [2.75, 3.05) is 11.3 Å². The second kappa shape index (κ2) is 7.93. The number of benzene rings is 2. The molecular formula is C19H16ClFN4O3S2. The monoisotopic (exact) mass is 466 g/mol. The Hall–Kier alpha value is -2.56. The number of nitrogens with one attached hydrogen (secondary N) is 2. The van der Waals surface area contributed by atoms with E-state index >= 15 is 0 Å². The zero-order valence-electron chi connectivity index (χ0n) is 15.4. The Morgan fingerprint density at radius 2 is 1.93 bits per heavy atom. The number of halogens is 2. The first kappa shape index (κ1) is 20.7. The van der Waals surface area contributed by atoms with Crippen molar-refractivity contribution in [3.05, 3.63) is 70.8 Å². The SMILES string of the molecule is O=C(NCC1(c2ccc(Cl)cc2)CC1)c1ccc(S(=O)(=O)Nc2ncns2)c(F)c1. The van der Waals surface area contributed by atoms with Crippen molar-refractivity contribution in [2.24, 2.45) is 0 Å². The topological polar surface area (TPSA) is 101 Å². The molecule has 1 aliphatic rings. The van der Waals surface area contributed by atoms with Crippen molar-refractivity contribution in [3.63, 3.8) is 0 Å². The van der Waals surface area contributed by atoms with Gasteiger partial charge >= 0.3 is 0 Å². The van der Waals surface area contributed by atoms with E-state index in [0.29, 0.717) is 11.6 Å². The molecule has 30 heavy (non-hydrogen) atoms. The van der Waals surface area contributed by atoms with Gasteiger partial charge in [-0.1, -0.05) is 23.7 Å². The highest BCUT2D eigenvalue weighted by molar-refractivity contribution is 7.93. The van der Waals surface area contributed by atoms with Crippen LogP contribution in [0.3, 0.4) is 0 Å². The standard InChI is InChI=1S/C19H16ClFN4O3S2/c20-14-4-2-13(3-5-14)19(7-8-19)10-22-17(26)12-1-6-16(15(21)9-12)30(27,28)25-18-23-11-24-29-18/h1-6,9,11H,7-8,10H2,(H,22,26)(H,23,24,25). The highest BCUT2D eigenvalue weighted by Gasteiger charge is 2.44. The van der Waals surface area contributed by atoms with Crippen LogP contribution in [0.4, 0.5) is 9.52 Å². The van der Waals surface area contributed by atoms with E-state index in [4.69, 9.17) is 11.6 Å². The lowest BCUT2D eigenvalue weighted by Gasteiger charge is -2.17. The van der Waals surface area contributed by atoms with Crippen LogP contribution >= 0.6 is 23.1 Å². The fourth-order valence-corrected chi connectivity index (χ4v) is 4.97. The number of anilines is 1. The number of carbonyl (C=O) groups excluding carboxylic acids is 1. The molecule has 3 aromatic rings. The van der Waals surface area contributed by atoms with Crippen LogP contribution in [-0.4, -0.2) is 30.2 Å². The molecule has 1 heterocycles. The molecule has 0 spiro atoms. The highest BCUT2D eigenvalue weighted by Crippen LogP contribution is 2.47. The molecule has 7 nitrogen and oxygen atoms in total. The molecule has 156 valence electrons. The van der Waals surface area contributed by atoms with E-state index in [1.54, 1.807) is 0 Å². The van der Waals surface area contributed by atoms with E-state index in [1.165, 1.54) is 12.4 Å².